The molecule has 5 nitrogen and oxygen atoms in total. The van der Waals surface area contributed by atoms with E-state index in [2.05, 4.69) is 13.2 Å². The van der Waals surface area contributed by atoms with E-state index in [0.29, 0.717) is 11.5 Å². The van der Waals surface area contributed by atoms with Gasteiger partial charge in [0.25, 0.3) is 0 Å². The zero-order chi connectivity index (χ0) is 22.5. The predicted molar refractivity (Wildman–Crippen MR) is 123 cm³/mol. The molecule has 1 rings (SSSR count). The van der Waals surface area contributed by atoms with Crippen molar-refractivity contribution in [3.05, 3.63) is 67.5 Å². The Balaban J connectivity index is 0. The largest absolute Gasteiger partial charge is 0.508 e. The standard InChI is InChI=1S/C15H25O4P.C6H6O.C2H6/c1-6-10-13(8-3)18-20-19-14(9-4)11-17-15(16)12(5)7-2;7-6-4-2-1-3-5-6;1-2/h6,8,10,12,14,20H,1,3,7,9,11H2,2,4-5H3;1-5,7H;1-2H3/b13-10+;;. The highest BCUT2D eigenvalue weighted by molar-refractivity contribution is 7.26. The molecule has 0 radical (unpaired) electrons. The van der Waals surface area contributed by atoms with Gasteiger partial charge in [0.2, 0.25) is 9.03 Å². The van der Waals surface area contributed by atoms with E-state index in [1.807, 2.05) is 40.7 Å². The van der Waals surface area contributed by atoms with E-state index in [1.165, 1.54) is 0 Å². The zero-order valence-electron chi connectivity index (χ0n) is 18.4. The lowest BCUT2D eigenvalue weighted by molar-refractivity contribution is -0.150. The molecule has 0 aliphatic carbocycles. The molecule has 29 heavy (non-hydrogen) atoms. The Hall–Kier alpha value is -2.10. The molecule has 3 unspecified atom stereocenters. The average molecular weight is 425 g/mol. The van der Waals surface area contributed by atoms with Crippen LogP contribution in [0, 0.1) is 5.92 Å². The van der Waals surface area contributed by atoms with Gasteiger partial charge in [-0.05, 0) is 37.1 Å². The predicted octanol–water partition coefficient (Wildman–Crippen LogP) is 6.57. The number of esters is 1. The molecule has 3 atom stereocenters. The lowest BCUT2D eigenvalue weighted by Gasteiger charge is -2.17. The molecular weight excluding hydrogens is 387 g/mol. The Morgan fingerprint density at radius 3 is 2.21 bits per heavy atom. The zero-order valence-corrected chi connectivity index (χ0v) is 19.4. The summed E-state index contributed by atoms with van der Waals surface area (Å²) in [6.07, 6.45) is 6.27. The highest BCUT2D eigenvalue weighted by Crippen LogP contribution is 2.23. The van der Waals surface area contributed by atoms with Crippen LogP contribution >= 0.6 is 9.03 Å². The molecule has 1 aromatic rings. The minimum atomic E-state index is -0.183. The summed E-state index contributed by atoms with van der Waals surface area (Å²) in [5, 5.41) is 8.63. The maximum Gasteiger partial charge on any atom is 0.308 e. The Bertz CT molecular complexity index is 572. The van der Waals surface area contributed by atoms with Crippen LogP contribution in [-0.4, -0.2) is 23.8 Å². The van der Waals surface area contributed by atoms with Gasteiger partial charge in [-0.2, -0.15) is 0 Å². The van der Waals surface area contributed by atoms with E-state index >= 15 is 0 Å². The second-order valence-corrected chi connectivity index (χ2v) is 6.22. The molecule has 0 spiro atoms. The highest BCUT2D eigenvalue weighted by atomic mass is 31.1. The van der Waals surface area contributed by atoms with Gasteiger partial charge in [0.15, 0.2) is 0 Å². The van der Waals surface area contributed by atoms with Gasteiger partial charge in [0, 0.05) is 0 Å². The topological polar surface area (TPSA) is 65.0 Å². The van der Waals surface area contributed by atoms with Gasteiger partial charge in [0.05, 0.1) is 12.0 Å². The summed E-state index contributed by atoms with van der Waals surface area (Å²) >= 11 is 0. The van der Waals surface area contributed by atoms with Crippen molar-refractivity contribution in [1.29, 1.82) is 0 Å². The van der Waals surface area contributed by atoms with Crippen LogP contribution in [0.25, 0.3) is 0 Å². The minimum Gasteiger partial charge on any atom is -0.508 e. The quantitative estimate of drug-likeness (QED) is 0.188. The second-order valence-electron chi connectivity index (χ2n) is 5.62. The lowest BCUT2D eigenvalue weighted by Crippen LogP contribution is -2.22. The number of benzene rings is 1. The number of carbonyl (C=O) groups is 1. The van der Waals surface area contributed by atoms with Crippen molar-refractivity contribution in [1.82, 2.24) is 0 Å². The fraction of sp³-hybridized carbons (Fsp3) is 0.435. The van der Waals surface area contributed by atoms with Gasteiger partial charge < -0.3 is 18.9 Å². The Morgan fingerprint density at radius 2 is 1.79 bits per heavy atom. The third kappa shape index (κ3) is 16.5. The van der Waals surface area contributed by atoms with Gasteiger partial charge in [-0.1, -0.05) is 72.1 Å². The number of hydrogen-bond donors (Lipinski definition) is 1. The monoisotopic (exact) mass is 424 g/mol. The molecule has 0 heterocycles. The van der Waals surface area contributed by atoms with E-state index in [-0.39, 0.29) is 33.6 Å². The third-order valence-electron chi connectivity index (χ3n) is 3.50. The number of phenolic OH excluding ortho intramolecular Hbond substituents is 1. The molecular formula is C23H37O5P. The van der Waals surface area contributed by atoms with Crippen LogP contribution in [0.5, 0.6) is 5.75 Å². The van der Waals surface area contributed by atoms with Crippen molar-refractivity contribution in [3.8, 4) is 5.75 Å². The number of para-hydroxylation sites is 1. The van der Waals surface area contributed by atoms with Crippen molar-refractivity contribution in [2.24, 2.45) is 5.92 Å². The van der Waals surface area contributed by atoms with Crippen molar-refractivity contribution >= 4 is 15.0 Å². The average Bonchev–Trinajstić information content (AvgIpc) is 2.76. The van der Waals surface area contributed by atoms with Gasteiger partial charge in [-0.15, -0.1) is 0 Å². The van der Waals surface area contributed by atoms with Crippen molar-refractivity contribution in [2.45, 2.75) is 53.6 Å². The first kappa shape index (κ1) is 29.1. The normalized spacial score (nSPS) is 12.5. The first-order chi connectivity index (χ1) is 14.0. The molecule has 6 heteroatoms. The molecule has 0 fully saturated rings. The number of aromatic hydroxyl groups is 1. The SMILES string of the molecule is C=C/C=C(\C=C)OPOC(CC)COC(=O)C(C)CC.CC.Oc1ccccc1. The molecule has 0 saturated carbocycles. The summed E-state index contributed by atoms with van der Waals surface area (Å²) in [5.74, 6) is 0.665. The molecule has 0 amide bonds. The second kappa shape index (κ2) is 20.6. The number of allylic oxidation sites excluding steroid dienone is 3. The third-order valence-corrected chi connectivity index (χ3v) is 4.24. The molecule has 164 valence electrons. The summed E-state index contributed by atoms with van der Waals surface area (Å²) in [7, 11) is -0.164. The first-order valence-electron chi connectivity index (χ1n) is 9.91. The van der Waals surface area contributed by atoms with Crippen LogP contribution in [0.3, 0.4) is 0 Å². The number of phenols is 1. The summed E-state index contributed by atoms with van der Waals surface area (Å²) in [4.78, 5) is 11.6. The van der Waals surface area contributed by atoms with Crippen molar-refractivity contribution < 1.29 is 23.7 Å². The van der Waals surface area contributed by atoms with Crippen molar-refractivity contribution in [2.75, 3.05) is 6.61 Å². The van der Waals surface area contributed by atoms with Crippen LogP contribution in [0.2, 0.25) is 0 Å². The minimum absolute atomic E-state index is 0.0749. The lowest BCUT2D eigenvalue weighted by atomic mass is 10.1. The van der Waals surface area contributed by atoms with Gasteiger partial charge in [0.1, 0.15) is 18.1 Å². The van der Waals surface area contributed by atoms with Crippen LogP contribution in [-0.2, 0) is 18.6 Å². The molecule has 1 N–H and O–H groups in total. The summed E-state index contributed by atoms with van der Waals surface area (Å²) in [5.41, 5.74) is 0. The molecule has 0 aromatic heterocycles. The van der Waals surface area contributed by atoms with Crippen LogP contribution in [0.4, 0.5) is 0 Å². The van der Waals surface area contributed by atoms with Crippen LogP contribution in [0.15, 0.2) is 67.5 Å². The number of ether oxygens (including phenoxy) is 1. The van der Waals surface area contributed by atoms with E-state index in [4.69, 9.17) is 18.9 Å². The Kier molecular flexibility index (Phi) is 20.7. The fourth-order valence-corrected chi connectivity index (χ4v) is 2.21. The van der Waals surface area contributed by atoms with Gasteiger partial charge in [-0.25, -0.2) is 0 Å². The van der Waals surface area contributed by atoms with Gasteiger partial charge in [-0.3, -0.25) is 4.79 Å². The molecule has 0 aliphatic rings. The van der Waals surface area contributed by atoms with E-state index in [9.17, 15) is 4.79 Å². The number of hydrogen-bond acceptors (Lipinski definition) is 5. The number of rotatable bonds is 11. The number of carbonyl (C=O) groups excluding carboxylic acids is 1. The molecule has 0 saturated heterocycles. The summed E-state index contributed by atoms with van der Waals surface area (Å²) in [6, 6.07) is 8.71. The summed E-state index contributed by atoms with van der Waals surface area (Å²) < 4.78 is 16.1. The fourth-order valence-electron chi connectivity index (χ4n) is 1.55. The van der Waals surface area contributed by atoms with Crippen LogP contribution in [0.1, 0.15) is 47.5 Å². The summed E-state index contributed by atoms with van der Waals surface area (Å²) in [6.45, 7) is 17.2. The van der Waals surface area contributed by atoms with Gasteiger partial charge >= 0.3 is 5.97 Å². The maximum absolute atomic E-state index is 11.6. The van der Waals surface area contributed by atoms with E-state index < -0.39 is 0 Å². The smallest absolute Gasteiger partial charge is 0.308 e. The Labute approximate surface area is 178 Å². The van der Waals surface area contributed by atoms with Crippen molar-refractivity contribution in [3.63, 3.8) is 0 Å². The first-order valence-corrected chi connectivity index (χ1v) is 10.7. The molecule has 0 aliphatic heterocycles. The van der Waals surface area contributed by atoms with E-state index in [1.54, 1.807) is 42.5 Å². The maximum atomic E-state index is 11.6. The highest BCUT2D eigenvalue weighted by Gasteiger charge is 2.15. The molecule has 0 bridgehead atoms. The molecule has 1 aromatic carbocycles. The van der Waals surface area contributed by atoms with Crippen LogP contribution < -0.4 is 0 Å². The Morgan fingerprint density at radius 1 is 1.17 bits per heavy atom. The van der Waals surface area contributed by atoms with E-state index in [0.717, 1.165) is 12.8 Å².